The molecule has 1 aliphatic rings. The van der Waals surface area contributed by atoms with Crippen molar-refractivity contribution in [1.82, 2.24) is 15.1 Å². The number of ether oxygens (including phenoxy) is 1. The molecule has 1 saturated heterocycles. The van der Waals surface area contributed by atoms with Gasteiger partial charge in [-0.1, -0.05) is 0 Å². The van der Waals surface area contributed by atoms with Crippen LogP contribution in [0.3, 0.4) is 0 Å². The van der Waals surface area contributed by atoms with Crippen LogP contribution >= 0.6 is 0 Å². The summed E-state index contributed by atoms with van der Waals surface area (Å²) in [5.41, 5.74) is -0.429. The molecule has 5 nitrogen and oxygen atoms in total. The fraction of sp³-hybridized carbons (Fsp3) is 0.938. The van der Waals surface area contributed by atoms with Crippen LogP contribution in [0.25, 0.3) is 0 Å². The molecule has 0 spiro atoms. The van der Waals surface area contributed by atoms with Gasteiger partial charge in [0.2, 0.25) is 0 Å². The topological polar surface area (TPSA) is 44.8 Å². The summed E-state index contributed by atoms with van der Waals surface area (Å²) in [6, 6.07) is 1.19. The van der Waals surface area contributed by atoms with Crippen LogP contribution in [-0.2, 0) is 4.74 Å². The zero-order chi connectivity index (χ0) is 16.0. The smallest absolute Gasteiger partial charge is 0.410 e. The third-order valence-corrected chi connectivity index (χ3v) is 4.06. The van der Waals surface area contributed by atoms with E-state index in [1.54, 1.807) is 4.90 Å². The molecular formula is C16H33N3O2. The number of carbonyl (C=O) groups is 1. The number of piperidine rings is 1. The van der Waals surface area contributed by atoms with Crippen molar-refractivity contribution < 1.29 is 9.53 Å². The molecule has 124 valence electrons. The Kier molecular flexibility index (Phi) is 6.94. The average Bonchev–Trinajstić information content (AvgIpc) is 2.36. The van der Waals surface area contributed by atoms with Crippen LogP contribution in [0.2, 0.25) is 0 Å². The number of hydrogen-bond donors (Lipinski definition) is 1. The summed E-state index contributed by atoms with van der Waals surface area (Å²) < 4.78 is 5.42. The average molecular weight is 299 g/mol. The molecule has 0 bridgehead atoms. The van der Waals surface area contributed by atoms with Crippen LogP contribution in [0, 0.1) is 0 Å². The van der Waals surface area contributed by atoms with E-state index in [-0.39, 0.29) is 6.09 Å². The lowest BCUT2D eigenvalue weighted by molar-refractivity contribution is 0.0259. The minimum Gasteiger partial charge on any atom is -0.444 e. The first-order valence-electron chi connectivity index (χ1n) is 8.14. The van der Waals surface area contributed by atoms with Gasteiger partial charge in [0.1, 0.15) is 5.60 Å². The highest BCUT2D eigenvalue weighted by atomic mass is 16.6. The Morgan fingerprint density at radius 1 is 1.43 bits per heavy atom. The molecule has 0 aromatic heterocycles. The molecule has 1 fully saturated rings. The fourth-order valence-electron chi connectivity index (χ4n) is 2.58. The van der Waals surface area contributed by atoms with Crippen LogP contribution < -0.4 is 5.32 Å². The SMILES string of the molecule is CCN(CCNC1CCN(C)C(C)C1)C(=O)OC(C)(C)C. The maximum atomic E-state index is 12.0. The fourth-order valence-corrected chi connectivity index (χ4v) is 2.58. The van der Waals surface area contributed by atoms with E-state index < -0.39 is 5.60 Å². The molecule has 1 amide bonds. The van der Waals surface area contributed by atoms with E-state index in [0.717, 1.165) is 13.1 Å². The zero-order valence-corrected chi connectivity index (χ0v) is 14.6. The summed E-state index contributed by atoms with van der Waals surface area (Å²) in [6.45, 7) is 13.3. The van der Waals surface area contributed by atoms with Gasteiger partial charge in [0.15, 0.2) is 0 Å². The van der Waals surface area contributed by atoms with E-state index >= 15 is 0 Å². The molecule has 5 heteroatoms. The quantitative estimate of drug-likeness (QED) is 0.846. The first kappa shape index (κ1) is 18.2. The van der Waals surface area contributed by atoms with Crippen molar-refractivity contribution in [2.24, 2.45) is 0 Å². The number of hydrogen-bond acceptors (Lipinski definition) is 4. The predicted molar refractivity (Wildman–Crippen MR) is 86.6 cm³/mol. The Morgan fingerprint density at radius 3 is 2.62 bits per heavy atom. The summed E-state index contributed by atoms with van der Waals surface area (Å²) in [7, 11) is 2.18. The van der Waals surface area contributed by atoms with Gasteiger partial charge in [0, 0.05) is 31.7 Å². The van der Waals surface area contributed by atoms with Gasteiger partial charge in [0.05, 0.1) is 0 Å². The maximum absolute atomic E-state index is 12.0. The van der Waals surface area contributed by atoms with Gasteiger partial charge >= 0.3 is 6.09 Å². The van der Waals surface area contributed by atoms with E-state index in [9.17, 15) is 4.79 Å². The molecule has 2 unspecified atom stereocenters. The van der Waals surface area contributed by atoms with Crippen molar-refractivity contribution in [2.75, 3.05) is 33.2 Å². The normalized spacial score (nSPS) is 23.9. The van der Waals surface area contributed by atoms with Gasteiger partial charge < -0.3 is 19.9 Å². The summed E-state index contributed by atoms with van der Waals surface area (Å²) >= 11 is 0. The van der Waals surface area contributed by atoms with Crippen LogP contribution in [0.15, 0.2) is 0 Å². The lowest BCUT2D eigenvalue weighted by Crippen LogP contribution is -2.48. The summed E-state index contributed by atoms with van der Waals surface area (Å²) in [4.78, 5) is 16.2. The number of amides is 1. The van der Waals surface area contributed by atoms with Crippen molar-refractivity contribution in [3.05, 3.63) is 0 Å². The molecule has 1 heterocycles. The first-order chi connectivity index (χ1) is 9.73. The second kappa shape index (κ2) is 7.99. The van der Waals surface area contributed by atoms with E-state index in [0.29, 0.717) is 25.2 Å². The molecule has 0 radical (unpaired) electrons. The molecule has 1 aliphatic heterocycles. The Labute approximate surface area is 130 Å². The zero-order valence-electron chi connectivity index (χ0n) is 14.6. The van der Waals surface area contributed by atoms with Crippen molar-refractivity contribution in [3.8, 4) is 0 Å². The molecule has 0 aliphatic carbocycles. The predicted octanol–water partition coefficient (Wildman–Crippen LogP) is 2.32. The second-order valence-electron chi connectivity index (χ2n) is 7.07. The Morgan fingerprint density at radius 2 is 2.10 bits per heavy atom. The standard InChI is InChI=1S/C16H33N3O2/c1-7-19(15(20)21-16(3,4)5)11-9-17-14-8-10-18(6)13(2)12-14/h13-14,17H,7-12H2,1-6H3. The minimum absolute atomic E-state index is 0.219. The monoisotopic (exact) mass is 299 g/mol. The molecule has 2 atom stereocenters. The first-order valence-corrected chi connectivity index (χ1v) is 8.14. The second-order valence-corrected chi connectivity index (χ2v) is 7.07. The number of rotatable bonds is 5. The van der Waals surface area contributed by atoms with Crippen LogP contribution in [0.5, 0.6) is 0 Å². The van der Waals surface area contributed by atoms with Crippen LogP contribution in [0.4, 0.5) is 4.79 Å². The highest BCUT2D eigenvalue weighted by Gasteiger charge is 2.23. The van der Waals surface area contributed by atoms with E-state index in [4.69, 9.17) is 4.74 Å². The lowest BCUT2D eigenvalue weighted by Gasteiger charge is -2.35. The van der Waals surface area contributed by atoms with Crippen LogP contribution in [0.1, 0.15) is 47.5 Å². The van der Waals surface area contributed by atoms with E-state index in [1.165, 1.54) is 12.8 Å². The van der Waals surface area contributed by atoms with Crippen molar-refractivity contribution in [2.45, 2.75) is 65.1 Å². The Balaban J connectivity index is 2.31. The molecule has 0 aromatic rings. The van der Waals surface area contributed by atoms with Crippen molar-refractivity contribution in [3.63, 3.8) is 0 Å². The highest BCUT2D eigenvalue weighted by molar-refractivity contribution is 5.68. The molecule has 1 N–H and O–H groups in total. The molecule has 0 aromatic carbocycles. The summed E-state index contributed by atoms with van der Waals surface area (Å²) in [6.07, 6.45) is 2.14. The summed E-state index contributed by atoms with van der Waals surface area (Å²) in [5, 5.41) is 3.58. The summed E-state index contributed by atoms with van der Waals surface area (Å²) in [5.74, 6) is 0. The molecule has 21 heavy (non-hydrogen) atoms. The number of likely N-dealkylation sites (N-methyl/N-ethyl adjacent to an activating group) is 1. The number of carbonyl (C=O) groups excluding carboxylic acids is 1. The van der Waals surface area contributed by atoms with Gasteiger partial charge in [0.25, 0.3) is 0 Å². The molecule has 0 saturated carbocycles. The van der Waals surface area contributed by atoms with E-state index in [1.807, 2.05) is 27.7 Å². The van der Waals surface area contributed by atoms with Gasteiger partial charge in [-0.25, -0.2) is 4.79 Å². The van der Waals surface area contributed by atoms with E-state index in [2.05, 4.69) is 24.2 Å². The van der Waals surface area contributed by atoms with Gasteiger partial charge in [-0.15, -0.1) is 0 Å². The lowest BCUT2D eigenvalue weighted by atomic mass is 9.99. The van der Waals surface area contributed by atoms with Crippen molar-refractivity contribution in [1.29, 1.82) is 0 Å². The number of likely N-dealkylation sites (tertiary alicyclic amines) is 1. The van der Waals surface area contributed by atoms with Gasteiger partial charge in [-0.3, -0.25) is 0 Å². The van der Waals surface area contributed by atoms with Gasteiger partial charge in [-0.05, 0) is 61.1 Å². The Hall–Kier alpha value is -0.810. The Bertz CT molecular complexity index is 328. The van der Waals surface area contributed by atoms with Crippen LogP contribution in [-0.4, -0.2) is 66.8 Å². The largest absolute Gasteiger partial charge is 0.444 e. The minimum atomic E-state index is -0.429. The molecular weight excluding hydrogens is 266 g/mol. The third kappa shape index (κ3) is 6.66. The molecule has 1 rings (SSSR count). The number of nitrogens with one attached hydrogen (secondary N) is 1. The maximum Gasteiger partial charge on any atom is 0.410 e. The van der Waals surface area contributed by atoms with Crippen molar-refractivity contribution >= 4 is 6.09 Å². The third-order valence-electron chi connectivity index (χ3n) is 4.06. The number of nitrogens with zero attached hydrogens (tertiary/aromatic N) is 2. The highest BCUT2D eigenvalue weighted by Crippen LogP contribution is 2.15. The van der Waals surface area contributed by atoms with Gasteiger partial charge in [-0.2, -0.15) is 0 Å².